The van der Waals surface area contributed by atoms with Crippen molar-refractivity contribution in [2.45, 2.75) is 25.1 Å². The lowest BCUT2D eigenvalue weighted by atomic mass is 10.1. The van der Waals surface area contributed by atoms with Gasteiger partial charge in [-0.2, -0.15) is 13.2 Å². The molecule has 0 spiro atoms. The van der Waals surface area contributed by atoms with Crippen molar-refractivity contribution in [1.29, 1.82) is 0 Å². The van der Waals surface area contributed by atoms with Gasteiger partial charge in [-0.1, -0.05) is 0 Å². The average Bonchev–Trinajstić information content (AvgIpc) is 2.58. The summed E-state index contributed by atoms with van der Waals surface area (Å²) in [5, 5.41) is 5.02. The number of fused-ring (bicyclic) bond motifs is 1. The predicted molar refractivity (Wildman–Crippen MR) is 83.7 cm³/mol. The number of nitrogens with zero attached hydrogens (tertiary/aromatic N) is 1. The summed E-state index contributed by atoms with van der Waals surface area (Å²) in [5.74, 6) is -1.52. The van der Waals surface area contributed by atoms with Crippen molar-refractivity contribution in [3.8, 4) is 0 Å². The van der Waals surface area contributed by atoms with E-state index < -0.39 is 23.9 Å². The monoisotopic (exact) mass is 353 g/mol. The van der Waals surface area contributed by atoms with Crippen molar-refractivity contribution >= 4 is 11.6 Å². The average molecular weight is 353 g/mol. The number of pyridine rings is 1. The Hall–Kier alpha value is -2.64. The zero-order valence-electron chi connectivity index (χ0n) is 13.0. The molecule has 25 heavy (non-hydrogen) atoms. The maximum absolute atomic E-state index is 13.4. The van der Waals surface area contributed by atoms with E-state index in [1.807, 2.05) is 5.32 Å². The smallest absolute Gasteiger partial charge is 0.384 e. The molecule has 0 radical (unpaired) electrons. The number of alkyl halides is 3. The minimum absolute atomic E-state index is 0.0599. The van der Waals surface area contributed by atoms with Crippen LogP contribution in [0.2, 0.25) is 0 Å². The van der Waals surface area contributed by atoms with Crippen molar-refractivity contribution in [2.75, 3.05) is 11.9 Å². The lowest BCUT2D eigenvalue weighted by Crippen LogP contribution is -2.39. The SMILES string of the molecule is O=C(NC(c1ccc2c(n1)CCCN2)C(F)(F)F)c1ccc(F)cc1. The quantitative estimate of drug-likeness (QED) is 0.829. The van der Waals surface area contributed by atoms with E-state index in [2.05, 4.69) is 10.3 Å². The molecule has 0 aliphatic carbocycles. The molecule has 1 atom stereocenters. The summed E-state index contributed by atoms with van der Waals surface area (Å²) in [7, 11) is 0. The zero-order chi connectivity index (χ0) is 18.0. The lowest BCUT2D eigenvalue weighted by molar-refractivity contribution is -0.156. The van der Waals surface area contributed by atoms with Crippen LogP contribution < -0.4 is 10.6 Å². The third kappa shape index (κ3) is 3.89. The highest BCUT2D eigenvalue weighted by Crippen LogP contribution is 2.33. The molecule has 2 aromatic rings. The van der Waals surface area contributed by atoms with Crippen molar-refractivity contribution < 1.29 is 22.4 Å². The molecular weight excluding hydrogens is 338 g/mol. The fourth-order valence-corrected chi connectivity index (χ4v) is 2.65. The zero-order valence-corrected chi connectivity index (χ0v) is 13.0. The van der Waals surface area contributed by atoms with E-state index >= 15 is 0 Å². The van der Waals surface area contributed by atoms with Crippen molar-refractivity contribution in [2.24, 2.45) is 0 Å². The fraction of sp³-hybridized carbons (Fsp3) is 0.294. The standard InChI is InChI=1S/C17H15F4N3O/c18-11-5-3-10(4-6-11)16(25)24-15(17(19,20)21)14-8-7-12-13(23-14)2-1-9-22-12/h3-8,15,22H,1-2,9H2,(H,24,25). The minimum atomic E-state index is -4.71. The van der Waals surface area contributed by atoms with E-state index in [0.29, 0.717) is 17.8 Å². The van der Waals surface area contributed by atoms with Gasteiger partial charge in [0.1, 0.15) is 5.82 Å². The van der Waals surface area contributed by atoms with Crippen LogP contribution in [0.15, 0.2) is 36.4 Å². The van der Waals surface area contributed by atoms with Crippen molar-refractivity contribution in [1.82, 2.24) is 10.3 Å². The molecular formula is C17H15F4N3O. The first-order valence-electron chi connectivity index (χ1n) is 7.71. The van der Waals surface area contributed by atoms with E-state index in [1.165, 1.54) is 6.07 Å². The van der Waals surface area contributed by atoms with Gasteiger partial charge in [-0.25, -0.2) is 4.39 Å². The molecule has 2 N–H and O–H groups in total. The molecule has 0 fully saturated rings. The second-order valence-corrected chi connectivity index (χ2v) is 5.72. The number of amides is 1. The largest absolute Gasteiger partial charge is 0.414 e. The summed E-state index contributed by atoms with van der Waals surface area (Å²) in [6, 6.07) is 4.84. The van der Waals surface area contributed by atoms with E-state index in [-0.39, 0.29) is 11.3 Å². The van der Waals surface area contributed by atoms with Gasteiger partial charge in [0.05, 0.1) is 17.1 Å². The Bertz CT molecular complexity index is 774. The Labute approximate surface area is 141 Å². The molecule has 0 bridgehead atoms. The molecule has 3 rings (SSSR count). The Kier molecular flexibility index (Phi) is 4.61. The highest BCUT2D eigenvalue weighted by Gasteiger charge is 2.43. The number of benzene rings is 1. The first-order valence-corrected chi connectivity index (χ1v) is 7.71. The van der Waals surface area contributed by atoms with Crippen LogP contribution in [0, 0.1) is 5.82 Å². The maximum Gasteiger partial charge on any atom is 0.414 e. The van der Waals surface area contributed by atoms with E-state index in [0.717, 1.165) is 37.2 Å². The Morgan fingerprint density at radius 1 is 1.16 bits per heavy atom. The van der Waals surface area contributed by atoms with Gasteiger partial charge in [0.15, 0.2) is 6.04 Å². The van der Waals surface area contributed by atoms with Gasteiger partial charge in [-0.3, -0.25) is 9.78 Å². The van der Waals surface area contributed by atoms with Crippen LogP contribution in [0.5, 0.6) is 0 Å². The fourth-order valence-electron chi connectivity index (χ4n) is 2.65. The van der Waals surface area contributed by atoms with Gasteiger partial charge < -0.3 is 10.6 Å². The molecule has 8 heteroatoms. The van der Waals surface area contributed by atoms with Crippen LogP contribution >= 0.6 is 0 Å². The molecule has 1 aromatic carbocycles. The van der Waals surface area contributed by atoms with Gasteiger partial charge in [0.2, 0.25) is 0 Å². The van der Waals surface area contributed by atoms with Crippen LogP contribution in [-0.2, 0) is 6.42 Å². The Morgan fingerprint density at radius 2 is 1.88 bits per heavy atom. The molecule has 1 unspecified atom stereocenters. The van der Waals surface area contributed by atoms with Gasteiger partial charge >= 0.3 is 6.18 Å². The summed E-state index contributed by atoms with van der Waals surface area (Å²) < 4.78 is 53.2. The highest BCUT2D eigenvalue weighted by molar-refractivity contribution is 5.94. The first kappa shape index (κ1) is 17.2. The highest BCUT2D eigenvalue weighted by atomic mass is 19.4. The number of carbonyl (C=O) groups excluding carboxylic acids is 1. The summed E-state index contributed by atoms with van der Waals surface area (Å²) >= 11 is 0. The van der Waals surface area contributed by atoms with Gasteiger partial charge in [0, 0.05) is 12.1 Å². The molecule has 0 saturated carbocycles. The van der Waals surface area contributed by atoms with Crippen LogP contribution in [0.25, 0.3) is 0 Å². The van der Waals surface area contributed by atoms with Crippen molar-refractivity contribution in [3.63, 3.8) is 0 Å². The lowest BCUT2D eigenvalue weighted by Gasteiger charge is -2.24. The van der Waals surface area contributed by atoms with Crippen LogP contribution in [0.1, 0.15) is 34.2 Å². The number of aryl methyl sites for hydroxylation is 1. The number of aromatic nitrogens is 1. The third-order valence-corrected chi connectivity index (χ3v) is 3.91. The number of rotatable bonds is 3. The van der Waals surface area contributed by atoms with Crippen molar-refractivity contribution in [3.05, 3.63) is 59.2 Å². The van der Waals surface area contributed by atoms with Crippen LogP contribution in [-0.4, -0.2) is 23.6 Å². The molecule has 4 nitrogen and oxygen atoms in total. The summed E-state index contributed by atoms with van der Waals surface area (Å²) in [4.78, 5) is 16.2. The predicted octanol–water partition coefficient (Wildman–Crippen LogP) is 3.61. The molecule has 1 aliphatic rings. The Balaban J connectivity index is 1.87. The van der Waals surface area contributed by atoms with E-state index in [9.17, 15) is 22.4 Å². The number of hydrogen-bond donors (Lipinski definition) is 2. The second-order valence-electron chi connectivity index (χ2n) is 5.72. The second kappa shape index (κ2) is 6.70. The van der Waals surface area contributed by atoms with Gasteiger partial charge in [0.25, 0.3) is 5.91 Å². The number of halogens is 4. The maximum atomic E-state index is 13.4. The molecule has 1 aromatic heterocycles. The third-order valence-electron chi connectivity index (χ3n) is 3.91. The molecule has 132 valence electrons. The van der Waals surface area contributed by atoms with Crippen LogP contribution in [0.4, 0.5) is 23.2 Å². The molecule has 2 heterocycles. The molecule has 1 aliphatic heterocycles. The number of nitrogens with one attached hydrogen (secondary N) is 2. The van der Waals surface area contributed by atoms with E-state index in [1.54, 1.807) is 6.07 Å². The molecule has 1 amide bonds. The Morgan fingerprint density at radius 3 is 2.56 bits per heavy atom. The summed E-state index contributed by atoms with van der Waals surface area (Å²) in [5.41, 5.74) is 0.926. The van der Waals surface area contributed by atoms with Gasteiger partial charge in [-0.15, -0.1) is 0 Å². The minimum Gasteiger partial charge on any atom is -0.384 e. The topological polar surface area (TPSA) is 54.0 Å². The summed E-state index contributed by atoms with van der Waals surface area (Å²) in [6.07, 6.45) is -3.35. The molecule has 0 saturated heterocycles. The van der Waals surface area contributed by atoms with E-state index in [4.69, 9.17) is 0 Å². The van der Waals surface area contributed by atoms with Gasteiger partial charge in [-0.05, 0) is 49.2 Å². The van der Waals surface area contributed by atoms with Crippen LogP contribution in [0.3, 0.4) is 0 Å². The first-order chi connectivity index (χ1) is 11.8. The number of hydrogen-bond acceptors (Lipinski definition) is 3. The summed E-state index contributed by atoms with van der Waals surface area (Å²) in [6.45, 7) is 0.748. The normalized spacial score (nSPS) is 15.0. The number of anilines is 1. The number of carbonyl (C=O) groups is 1.